The number of ether oxygens (including phenoxy) is 3. The number of amides is 2. The number of likely N-dealkylation sites (tertiary alicyclic amines) is 2. The lowest BCUT2D eigenvalue weighted by atomic mass is 9.99. The van der Waals surface area contributed by atoms with Gasteiger partial charge in [-0.2, -0.15) is 0 Å². The number of urea groups is 1. The molecular weight excluding hydrogens is 536 g/mol. The molecule has 3 aliphatic heterocycles. The van der Waals surface area contributed by atoms with Crippen molar-refractivity contribution in [1.29, 1.82) is 0 Å². The molecule has 0 radical (unpaired) electrons. The SMILES string of the molecule is CCOC(=O)CNC(=O)Nc1cccc(C2OC(CN3CCCC3CN3CCCC3)CC(c3ccc(CO)cc3)O2)c1. The van der Waals surface area contributed by atoms with E-state index >= 15 is 0 Å². The van der Waals surface area contributed by atoms with Crippen molar-refractivity contribution < 1.29 is 28.9 Å². The zero-order chi connectivity index (χ0) is 29.3. The second kappa shape index (κ2) is 14.9. The van der Waals surface area contributed by atoms with E-state index in [0.717, 1.165) is 42.7 Å². The van der Waals surface area contributed by atoms with Gasteiger partial charge in [-0.3, -0.25) is 9.69 Å². The Bertz CT molecular complexity index is 1170. The predicted octanol–water partition coefficient (Wildman–Crippen LogP) is 3.97. The third kappa shape index (κ3) is 8.29. The molecule has 0 spiro atoms. The molecule has 2 aromatic rings. The lowest BCUT2D eigenvalue weighted by Gasteiger charge is -2.39. The predicted molar refractivity (Wildman–Crippen MR) is 159 cm³/mol. The summed E-state index contributed by atoms with van der Waals surface area (Å²) in [4.78, 5) is 29.2. The van der Waals surface area contributed by atoms with Crippen LogP contribution in [0.4, 0.5) is 10.5 Å². The maximum absolute atomic E-state index is 12.4. The molecule has 0 bridgehead atoms. The summed E-state index contributed by atoms with van der Waals surface area (Å²) >= 11 is 0. The normalized spacial score (nSPS) is 24.9. The van der Waals surface area contributed by atoms with Gasteiger partial charge in [0.2, 0.25) is 0 Å². The monoisotopic (exact) mass is 580 g/mol. The van der Waals surface area contributed by atoms with Gasteiger partial charge in [-0.1, -0.05) is 36.4 Å². The average molecular weight is 581 g/mol. The number of aliphatic hydroxyl groups excluding tert-OH is 1. The summed E-state index contributed by atoms with van der Waals surface area (Å²) in [6.07, 6.45) is 4.95. The molecule has 42 heavy (non-hydrogen) atoms. The number of esters is 1. The molecular formula is C32H44N4O6. The zero-order valence-electron chi connectivity index (χ0n) is 24.5. The number of aliphatic hydroxyl groups is 1. The first-order chi connectivity index (χ1) is 20.5. The molecule has 2 aromatic carbocycles. The molecule has 3 saturated heterocycles. The van der Waals surface area contributed by atoms with Crippen LogP contribution >= 0.6 is 0 Å². The van der Waals surface area contributed by atoms with E-state index in [2.05, 4.69) is 20.4 Å². The Balaban J connectivity index is 1.28. The van der Waals surface area contributed by atoms with E-state index in [4.69, 9.17) is 14.2 Å². The summed E-state index contributed by atoms with van der Waals surface area (Å²) in [7, 11) is 0. The molecule has 3 heterocycles. The Morgan fingerprint density at radius 3 is 2.57 bits per heavy atom. The maximum atomic E-state index is 12.4. The third-order valence-electron chi connectivity index (χ3n) is 8.34. The highest BCUT2D eigenvalue weighted by atomic mass is 16.7. The number of hydrogen-bond acceptors (Lipinski definition) is 8. The molecule has 3 N–H and O–H groups in total. The van der Waals surface area contributed by atoms with Crippen molar-refractivity contribution in [3.63, 3.8) is 0 Å². The van der Waals surface area contributed by atoms with Crippen LogP contribution in [0.2, 0.25) is 0 Å². The summed E-state index contributed by atoms with van der Waals surface area (Å²) in [6.45, 7) is 7.24. The van der Waals surface area contributed by atoms with Crippen molar-refractivity contribution in [2.45, 2.75) is 70.2 Å². The average Bonchev–Trinajstić information content (AvgIpc) is 3.69. The van der Waals surface area contributed by atoms with Crippen molar-refractivity contribution in [2.75, 3.05) is 51.2 Å². The van der Waals surface area contributed by atoms with E-state index < -0.39 is 18.3 Å². The molecule has 0 aromatic heterocycles. The first-order valence-electron chi connectivity index (χ1n) is 15.3. The highest BCUT2D eigenvalue weighted by Gasteiger charge is 2.36. The van der Waals surface area contributed by atoms with Crippen LogP contribution in [0.1, 0.15) is 68.1 Å². The summed E-state index contributed by atoms with van der Waals surface area (Å²) in [5, 5.41) is 14.8. The number of carbonyl (C=O) groups excluding carboxylic acids is 2. The number of hydrogen-bond donors (Lipinski definition) is 3. The van der Waals surface area contributed by atoms with E-state index in [1.807, 2.05) is 42.5 Å². The van der Waals surface area contributed by atoms with Crippen molar-refractivity contribution in [3.05, 3.63) is 65.2 Å². The molecule has 4 atom stereocenters. The first kappa shape index (κ1) is 30.4. The molecule has 10 nitrogen and oxygen atoms in total. The van der Waals surface area contributed by atoms with Crippen LogP contribution in [0.3, 0.4) is 0 Å². The van der Waals surface area contributed by atoms with Gasteiger partial charge < -0.3 is 34.9 Å². The standard InChI is InChI=1S/C32H44N4O6/c1-2-40-30(38)19-33-32(39)34-26-8-5-7-25(17-26)31-41-28(18-29(42-31)24-12-10-23(22-37)11-13-24)21-36-16-6-9-27(36)20-35-14-3-4-15-35/h5,7-8,10-13,17,27-29,31,37H,2-4,6,9,14-16,18-22H2,1H3,(H2,33,34,39). The number of anilines is 1. The van der Waals surface area contributed by atoms with Gasteiger partial charge in [0.1, 0.15) is 6.54 Å². The van der Waals surface area contributed by atoms with Crippen LogP contribution in [0.25, 0.3) is 0 Å². The highest BCUT2D eigenvalue weighted by molar-refractivity contribution is 5.91. The van der Waals surface area contributed by atoms with Crippen molar-refractivity contribution >= 4 is 17.7 Å². The summed E-state index contributed by atoms with van der Waals surface area (Å²) in [6, 6.07) is 15.4. The van der Waals surface area contributed by atoms with Crippen LogP contribution in [0, 0.1) is 0 Å². The van der Waals surface area contributed by atoms with Gasteiger partial charge in [-0.05, 0) is 75.5 Å². The fourth-order valence-electron chi connectivity index (χ4n) is 6.20. The molecule has 5 rings (SSSR count). The van der Waals surface area contributed by atoms with E-state index in [1.165, 1.54) is 38.8 Å². The third-order valence-corrected chi connectivity index (χ3v) is 8.34. The second-order valence-corrected chi connectivity index (χ2v) is 11.4. The Morgan fingerprint density at radius 1 is 1.00 bits per heavy atom. The Hall–Kier alpha value is -3.02. The summed E-state index contributed by atoms with van der Waals surface area (Å²) in [5.41, 5.74) is 3.28. The van der Waals surface area contributed by atoms with Gasteiger partial charge in [-0.15, -0.1) is 0 Å². The fourth-order valence-corrected chi connectivity index (χ4v) is 6.20. The Kier molecular flexibility index (Phi) is 10.8. The molecule has 0 aliphatic carbocycles. The molecule has 3 fully saturated rings. The largest absolute Gasteiger partial charge is 0.465 e. The summed E-state index contributed by atoms with van der Waals surface area (Å²) < 4.78 is 18.0. The zero-order valence-corrected chi connectivity index (χ0v) is 24.5. The quantitative estimate of drug-likeness (QED) is 0.343. The number of nitrogens with zero attached hydrogens (tertiary/aromatic N) is 2. The van der Waals surface area contributed by atoms with Crippen molar-refractivity contribution in [1.82, 2.24) is 15.1 Å². The first-order valence-corrected chi connectivity index (χ1v) is 15.3. The Labute approximate surface area is 248 Å². The van der Waals surface area contributed by atoms with Crippen LogP contribution < -0.4 is 10.6 Å². The van der Waals surface area contributed by atoms with Gasteiger partial charge in [0, 0.05) is 36.8 Å². The van der Waals surface area contributed by atoms with Crippen molar-refractivity contribution in [2.24, 2.45) is 0 Å². The topological polar surface area (TPSA) is 113 Å². The lowest BCUT2D eigenvalue weighted by molar-refractivity contribution is -0.253. The molecule has 228 valence electrons. The Morgan fingerprint density at radius 2 is 1.81 bits per heavy atom. The van der Waals surface area contributed by atoms with Crippen LogP contribution in [-0.4, -0.2) is 84.9 Å². The minimum Gasteiger partial charge on any atom is -0.465 e. The van der Waals surface area contributed by atoms with Gasteiger partial charge in [0.05, 0.1) is 25.4 Å². The minimum absolute atomic E-state index is 0.000684. The molecule has 4 unspecified atom stereocenters. The maximum Gasteiger partial charge on any atom is 0.325 e. The van der Waals surface area contributed by atoms with Gasteiger partial charge in [0.15, 0.2) is 6.29 Å². The molecule has 10 heteroatoms. The highest BCUT2D eigenvalue weighted by Crippen LogP contribution is 2.39. The van der Waals surface area contributed by atoms with E-state index in [1.54, 1.807) is 13.0 Å². The van der Waals surface area contributed by atoms with Gasteiger partial charge in [-0.25, -0.2) is 4.79 Å². The number of rotatable bonds is 11. The molecule has 3 aliphatic rings. The number of nitrogens with one attached hydrogen (secondary N) is 2. The molecule has 2 amide bonds. The summed E-state index contributed by atoms with van der Waals surface area (Å²) in [5.74, 6) is -0.491. The van der Waals surface area contributed by atoms with Crippen LogP contribution in [0.15, 0.2) is 48.5 Å². The smallest absolute Gasteiger partial charge is 0.325 e. The number of benzene rings is 2. The van der Waals surface area contributed by atoms with Gasteiger partial charge >= 0.3 is 12.0 Å². The number of carbonyl (C=O) groups is 2. The van der Waals surface area contributed by atoms with Crippen molar-refractivity contribution in [3.8, 4) is 0 Å². The fraction of sp³-hybridized carbons (Fsp3) is 0.562. The minimum atomic E-state index is -0.616. The van der Waals surface area contributed by atoms with Crippen LogP contribution in [-0.2, 0) is 25.6 Å². The van der Waals surface area contributed by atoms with Gasteiger partial charge in [0.25, 0.3) is 0 Å². The second-order valence-electron chi connectivity index (χ2n) is 11.4. The molecule has 0 saturated carbocycles. The van der Waals surface area contributed by atoms with E-state index in [-0.39, 0.29) is 32.0 Å². The van der Waals surface area contributed by atoms with Crippen LogP contribution in [0.5, 0.6) is 0 Å². The lowest BCUT2D eigenvalue weighted by Crippen LogP contribution is -2.45. The van der Waals surface area contributed by atoms with E-state index in [9.17, 15) is 14.7 Å². The van der Waals surface area contributed by atoms with E-state index in [0.29, 0.717) is 11.7 Å².